The number of rotatable bonds is 7. The van der Waals surface area contributed by atoms with E-state index in [0.717, 1.165) is 5.56 Å². The lowest BCUT2D eigenvalue weighted by molar-refractivity contribution is -0.385. The number of nitro benzene ring substituents is 1. The number of aliphatic hydroxyl groups excluding tert-OH is 1. The first-order chi connectivity index (χ1) is 8.58. The summed E-state index contributed by atoms with van der Waals surface area (Å²) in [6, 6.07) is 4.86. The van der Waals surface area contributed by atoms with Crippen molar-refractivity contribution in [1.82, 2.24) is 5.32 Å². The minimum Gasteiger partial charge on any atom is -0.490 e. The highest BCUT2D eigenvalue weighted by Gasteiger charge is 2.14. The average Bonchev–Trinajstić information content (AvgIpc) is 2.38. The molecule has 0 amide bonds. The minimum absolute atomic E-state index is 0.0352. The third-order valence-electron chi connectivity index (χ3n) is 2.57. The Hall–Kier alpha value is -1.66. The fourth-order valence-corrected chi connectivity index (χ4v) is 1.52. The Morgan fingerprint density at radius 1 is 1.56 bits per heavy atom. The van der Waals surface area contributed by atoms with Crippen LogP contribution in [0.3, 0.4) is 0 Å². The lowest BCUT2D eigenvalue weighted by Crippen LogP contribution is -2.22. The summed E-state index contributed by atoms with van der Waals surface area (Å²) in [6.45, 7) is 3.23. The summed E-state index contributed by atoms with van der Waals surface area (Å²) < 4.78 is 4.93. The van der Waals surface area contributed by atoms with Gasteiger partial charge in [0.05, 0.1) is 12.0 Å². The molecule has 1 unspecified atom stereocenters. The molecule has 0 aliphatic carbocycles. The van der Waals surface area contributed by atoms with Crippen LogP contribution in [0.1, 0.15) is 12.5 Å². The van der Waals surface area contributed by atoms with Crippen molar-refractivity contribution in [2.24, 2.45) is 5.92 Å². The second kappa shape index (κ2) is 6.93. The summed E-state index contributed by atoms with van der Waals surface area (Å²) >= 11 is 0. The van der Waals surface area contributed by atoms with Crippen LogP contribution in [0.15, 0.2) is 18.2 Å². The number of nitro groups is 1. The number of benzene rings is 1. The Morgan fingerprint density at radius 2 is 2.28 bits per heavy atom. The number of methoxy groups -OCH3 is 1. The van der Waals surface area contributed by atoms with Crippen molar-refractivity contribution in [3.63, 3.8) is 0 Å². The van der Waals surface area contributed by atoms with Crippen LogP contribution in [-0.2, 0) is 6.54 Å². The van der Waals surface area contributed by atoms with Gasteiger partial charge < -0.3 is 15.2 Å². The number of aliphatic hydroxyl groups is 1. The molecule has 1 atom stereocenters. The predicted molar refractivity (Wildman–Crippen MR) is 67.6 cm³/mol. The van der Waals surface area contributed by atoms with Crippen LogP contribution >= 0.6 is 0 Å². The SMILES string of the molecule is COc1ccc(CNCC(C)CO)cc1[N+](=O)[O-]. The van der Waals surface area contributed by atoms with Gasteiger partial charge in [-0.2, -0.15) is 0 Å². The zero-order valence-corrected chi connectivity index (χ0v) is 10.5. The summed E-state index contributed by atoms with van der Waals surface area (Å²) in [6.07, 6.45) is 0. The molecule has 6 heteroatoms. The van der Waals surface area contributed by atoms with Crippen molar-refractivity contribution in [2.75, 3.05) is 20.3 Å². The van der Waals surface area contributed by atoms with E-state index in [4.69, 9.17) is 9.84 Å². The molecule has 0 aromatic heterocycles. The van der Waals surface area contributed by atoms with Crippen molar-refractivity contribution in [2.45, 2.75) is 13.5 Å². The maximum atomic E-state index is 10.8. The van der Waals surface area contributed by atoms with Crippen LogP contribution < -0.4 is 10.1 Å². The van der Waals surface area contributed by atoms with Crippen LogP contribution in [0.25, 0.3) is 0 Å². The second-order valence-corrected chi connectivity index (χ2v) is 4.18. The van der Waals surface area contributed by atoms with Crippen molar-refractivity contribution in [3.8, 4) is 5.75 Å². The van der Waals surface area contributed by atoms with Gasteiger partial charge in [0.25, 0.3) is 0 Å². The van der Waals surface area contributed by atoms with Crippen molar-refractivity contribution in [3.05, 3.63) is 33.9 Å². The molecule has 2 N–H and O–H groups in total. The van der Waals surface area contributed by atoms with Crippen LogP contribution in [-0.4, -0.2) is 30.3 Å². The molecule has 0 spiro atoms. The molecule has 0 fully saturated rings. The van der Waals surface area contributed by atoms with Gasteiger partial charge >= 0.3 is 5.69 Å². The zero-order valence-electron chi connectivity index (χ0n) is 10.5. The maximum Gasteiger partial charge on any atom is 0.311 e. The fraction of sp³-hybridized carbons (Fsp3) is 0.500. The molecule has 1 aromatic carbocycles. The van der Waals surface area contributed by atoms with Crippen LogP contribution in [0.2, 0.25) is 0 Å². The zero-order chi connectivity index (χ0) is 13.5. The van der Waals surface area contributed by atoms with Gasteiger partial charge in [0.2, 0.25) is 0 Å². The van der Waals surface area contributed by atoms with Gasteiger partial charge in [-0.05, 0) is 17.5 Å². The summed E-state index contributed by atoms with van der Waals surface area (Å²) in [5, 5.41) is 22.8. The number of hydrogen-bond donors (Lipinski definition) is 2. The van der Waals surface area contributed by atoms with Gasteiger partial charge in [-0.3, -0.25) is 10.1 Å². The first-order valence-corrected chi connectivity index (χ1v) is 5.71. The van der Waals surface area contributed by atoms with E-state index in [0.29, 0.717) is 13.1 Å². The highest BCUT2D eigenvalue weighted by molar-refractivity contribution is 5.48. The van der Waals surface area contributed by atoms with Crippen molar-refractivity contribution < 1.29 is 14.8 Å². The molecule has 18 heavy (non-hydrogen) atoms. The first-order valence-electron chi connectivity index (χ1n) is 5.71. The smallest absolute Gasteiger partial charge is 0.311 e. The summed E-state index contributed by atoms with van der Waals surface area (Å²) in [5.41, 5.74) is 0.777. The van der Waals surface area contributed by atoms with E-state index in [9.17, 15) is 10.1 Å². The molecule has 100 valence electrons. The molecular formula is C12H18N2O4. The van der Waals surface area contributed by atoms with E-state index in [1.165, 1.54) is 13.2 Å². The number of ether oxygens (including phenoxy) is 1. The van der Waals surface area contributed by atoms with E-state index in [-0.39, 0.29) is 24.0 Å². The fourth-order valence-electron chi connectivity index (χ4n) is 1.52. The highest BCUT2D eigenvalue weighted by atomic mass is 16.6. The topological polar surface area (TPSA) is 84.6 Å². The minimum atomic E-state index is -0.460. The van der Waals surface area contributed by atoms with Gasteiger partial charge in [-0.25, -0.2) is 0 Å². The standard InChI is InChI=1S/C12H18N2O4/c1-9(8-15)6-13-7-10-3-4-12(18-2)11(5-10)14(16)17/h3-5,9,13,15H,6-8H2,1-2H3. The lowest BCUT2D eigenvalue weighted by atomic mass is 10.1. The van der Waals surface area contributed by atoms with Crippen molar-refractivity contribution >= 4 is 5.69 Å². The number of nitrogens with one attached hydrogen (secondary N) is 1. The third-order valence-corrected chi connectivity index (χ3v) is 2.57. The van der Waals surface area contributed by atoms with E-state index in [2.05, 4.69) is 5.32 Å². The number of nitrogens with zero attached hydrogens (tertiary/aromatic N) is 1. The number of hydrogen-bond acceptors (Lipinski definition) is 5. The summed E-state index contributed by atoms with van der Waals surface area (Å²) in [5.74, 6) is 0.422. The van der Waals surface area contributed by atoms with E-state index in [1.54, 1.807) is 12.1 Å². The van der Waals surface area contributed by atoms with Gasteiger partial charge in [0.1, 0.15) is 0 Å². The molecule has 0 saturated carbocycles. The van der Waals surface area contributed by atoms with Gasteiger partial charge in [0, 0.05) is 25.8 Å². The Balaban J connectivity index is 2.67. The molecule has 0 aliphatic rings. The molecule has 0 aliphatic heterocycles. The Labute approximate surface area is 106 Å². The van der Waals surface area contributed by atoms with Crippen molar-refractivity contribution in [1.29, 1.82) is 0 Å². The first kappa shape index (κ1) is 14.4. The Bertz CT molecular complexity index is 409. The molecule has 6 nitrogen and oxygen atoms in total. The summed E-state index contributed by atoms with van der Waals surface area (Å²) in [4.78, 5) is 10.4. The molecular weight excluding hydrogens is 236 g/mol. The predicted octanol–water partition coefficient (Wildman–Crippen LogP) is 1.32. The second-order valence-electron chi connectivity index (χ2n) is 4.18. The molecule has 0 heterocycles. The van der Waals surface area contributed by atoms with Gasteiger partial charge in [-0.15, -0.1) is 0 Å². The van der Waals surface area contributed by atoms with E-state index in [1.807, 2.05) is 6.92 Å². The monoisotopic (exact) mass is 254 g/mol. The molecule has 1 aromatic rings. The normalized spacial score (nSPS) is 12.2. The van der Waals surface area contributed by atoms with E-state index >= 15 is 0 Å². The highest BCUT2D eigenvalue weighted by Crippen LogP contribution is 2.27. The van der Waals surface area contributed by atoms with E-state index < -0.39 is 4.92 Å². The Morgan fingerprint density at radius 3 is 2.83 bits per heavy atom. The molecule has 0 radical (unpaired) electrons. The van der Waals surface area contributed by atoms with Crippen LogP contribution in [0, 0.1) is 16.0 Å². The van der Waals surface area contributed by atoms with Crippen LogP contribution in [0.4, 0.5) is 5.69 Å². The quantitative estimate of drug-likeness (QED) is 0.566. The summed E-state index contributed by atoms with van der Waals surface area (Å²) in [7, 11) is 1.41. The van der Waals surface area contributed by atoms with Gasteiger partial charge in [0.15, 0.2) is 5.75 Å². The van der Waals surface area contributed by atoms with Gasteiger partial charge in [-0.1, -0.05) is 13.0 Å². The molecule has 1 rings (SSSR count). The third kappa shape index (κ3) is 3.97. The molecule has 0 bridgehead atoms. The maximum absolute atomic E-state index is 10.8. The largest absolute Gasteiger partial charge is 0.490 e. The molecule has 0 saturated heterocycles. The van der Waals surface area contributed by atoms with Crippen LogP contribution in [0.5, 0.6) is 5.75 Å². The lowest BCUT2D eigenvalue weighted by Gasteiger charge is -2.10. The average molecular weight is 254 g/mol. The Kier molecular flexibility index (Phi) is 5.54.